The van der Waals surface area contributed by atoms with Crippen LogP contribution in [0.15, 0.2) is 54.1 Å². The Balaban J connectivity index is 1.26. The predicted octanol–water partition coefficient (Wildman–Crippen LogP) is 9.46. The lowest BCUT2D eigenvalue weighted by Crippen LogP contribution is -2.79. The van der Waals surface area contributed by atoms with E-state index < -0.39 is 22.5 Å². The molecule has 5 aliphatic carbocycles. The predicted molar refractivity (Wildman–Crippen MR) is 204 cm³/mol. The van der Waals surface area contributed by atoms with Gasteiger partial charge in [0.05, 0.1) is 17.6 Å². The van der Waals surface area contributed by atoms with Crippen LogP contribution in [0.5, 0.6) is 0 Å². The number of carbonyl (C=O) groups excluding carboxylic acids is 2. The highest BCUT2D eigenvalue weighted by Gasteiger charge is 2.78. The number of esters is 2. The fourth-order valence-corrected chi connectivity index (χ4v) is 12.9. The Morgan fingerprint density at radius 3 is 2.42 bits per heavy atom. The largest absolute Gasteiger partial charge is 0.462 e. The number of aliphatic hydroxyl groups excluding tert-OH is 1. The van der Waals surface area contributed by atoms with E-state index in [-0.39, 0.29) is 47.8 Å². The lowest BCUT2D eigenvalue weighted by molar-refractivity contribution is -0.331. The van der Waals surface area contributed by atoms with Gasteiger partial charge in [0.2, 0.25) is 0 Å². The summed E-state index contributed by atoms with van der Waals surface area (Å²) in [7, 11) is 0. The van der Waals surface area contributed by atoms with E-state index in [2.05, 4.69) is 63.3 Å². The molecule has 9 unspecified atom stereocenters. The highest BCUT2D eigenvalue weighted by Crippen LogP contribution is 2.75. The third-order valence-electron chi connectivity index (χ3n) is 15.7. The second-order valence-electron chi connectivity index (χ2n) is 18.7. The number of hydrogen-bond acceptors (Lipinski definition) is 6. The number of rotatable bonds is 13. The highest BCUT2D eigenvalue weighted by atomic mass is 16.5. The number of cyclic esters (lactones) is 1. The molecule has 1 aliphatic heterocycles. The van der Waals surface area contributed by atoms with Gasteiger partial charge in [0, 0.05) is 22.8 Å². The molecule has 6 aliphatic rings. The topological polar surface area (TPSA) is 93.1 Å². The molecule has 0 radical (unpaired) electrons. The molecule has 7 rings (SSSR count). The maximum atomic E-state index is 14.1. The standard InChI is InChI=1S/C46H66O6/c1-32(13-12-16-33-14-6-4-7-15-33)21-22-37-24-26-43(2)30-38(52-42(49)35-17-8-5-9-18-35)41-44(3,36-19-10-11-20-36)27-25-39(47)46(37,41)45(43,50)28-23-34-29-40(48)51-31-34/h4,6-7,14-15,24,26,29,32,35-39,41,47,50H,5,8-13,16-23,25,27-28,30-31H2,1-3H3. The first-order valence-electron chi connectivity index (χ1n) is 21.2. The summed E-state index contributed by atoms with van der Waals surface area (Å²) in [5.74, 6) is 0.322. The van der Waals surface area contributed by atoms with Gasteiger partial charge in [-0.2, -0.15) is 0 Å². The lowest BCUT2D eigenvalue weighted by Gasteiger charge is -2.74. The summed E-state index contributed by atoms with van der Waals surface area (Å²) < 4.78 is 12.2. The number of carbonyl (C=O) groups is 2. The van der Waals surface area contributed by atoms with Gasteiger partial charge >= 0.3 is 11.9 Å². The first kappa shape index (κ1) is 37.9. The summed E-state index contributed by atoms with van der Waals surface area (Å²) in [5, 5.41) is 26.7. The number of benzene rings is 1. The maximum Gasteiger partial charge on any atom is 0.331 e. The van der Waals surface area contributed by atoms with E-state index in [9.17, 15) is 19.8 Å². The first-order valence-corrected chi connectivity index (χ1v) is 21.2. The second-order valence-corrected chi connectivity index (χ2v) is 18.7. The average molecular weight is 715 g/mol. The van der Waals surface area contributed by atoms with E-state index in [4.69, 9.17) is 9.47 Å². The molecular weight excluding hydrogens is 649 g/mol. The fourth-order valence-electron chi connectivity index (χ4n) is 12.9. The molecule has 1 heterocycles. The second kappa shape index (κ2) is 15.4. The monoisotopic (exact) mass is 714 g/mol. The van der Waals surface area contributed by atoms with Gasteiger partial charge in [-0.3, -0.25) is 4.79 Å². The zero-order valence-electron chi connectivity index (χ0n) is 32.3. The van der Waals surface area contributed by atoms with E-state index in [1.165, 1.54) is 24.8 Å². The molecule has 4 fully saturated rings. The van der Waals surface area contributed by atoms with Crippen molar-refractivity contribution in [3.05, 3.63) is 59.7 Å². The van der Waals surface area contributed by atoms with Crippen LogP contribution in [-0.4, -0.2) is 46.6 Å². The first-order chi connectivity index (χ1) is 25.0. The molecule has 0 amide bonds. The molecule has 6 nitrogen and oxygen atoms in total. The van der Waals surface area contributed by atoms with E-state index in [0.717, 1.165) is 82.6 Å². The summed E-state index contributed by atoms with van der Waals surface area (Å²) in [6.07, 6.45) is 23.3. The van der Waals surface area contributed by atoms with Gasteiger partial charge in [-0.05, 0) is 111 Å². The van der Waals surface area contributed by atoms with Crippen molar-refractivity contribution in [2.45, 2.75) is 161 Å². The molecule has 1 aromatic carbocycles. The number of fused-ring (bicyclic) bond motifs is 1. The minimum Gasteiger partial charge on any atom is -0.462 e. The number of allylic oxidation sites excluding steroid dienone is 1. The third-order valence-corrected chi connectivity index (χ3v) is 15.7. The van der Waals surface area contributed by atoms with Gasteiger partial charge in [-0.1, -0.05) is 108 Å². The molecule has 286 valence electrons. The number of hydrogen-bond donors (Lipinski definition) is 2. The highest BCUT2D eigenvalue weighted by molar-refractivity contribution is 5.85. The van der Waals surface area contributed by atoms with Crippen LogP contribution in [0, 0.1) is 45.8 Å². The van der Waals surface area contributed by atoms with Gasteiger partial charge in [-0.25, -0.2) is 4.79 Å². The number of aliphatic hydroxyl groups is 2. The molecule has 52 heavy (non-hydrogen) atoms. The van der Waals surface area contributed by atoms with Crippen LogP contribution in [0.2, 0.25) is 0 Å². The van der Waals surface area contributed by atoms with Gasteiger partial charge in [0.1, 0.15) is 12.7 Å². The van der Waals surface area contributed by atoms with E-state index in [0.29, 0.717) is 37.5 Å². The maximum absolute atomic E-state index is 14.1. The van der Waals surface area contributed by atoms with Crippen molar-refractivity contribution >= 4 is 11.9 Å². The van der Waals surface area contributed by atoms with Crippen molar-refractivity contribution in [3.8, 4) is 0 Å². The zero-order chi connectivity index (χ0) is 36.6. The van der Waals surface area contributed by atoms with Crippen molar-refractivity contribution < 1.29 is 29.3 Å². The summed E-state index contributed by atoms with van der Waals surface area (Å²) in [5.41, 5.74) is -0.754. The minimum absolute atomic E-state index is 0.0554. The van der Waals surface area contributed by atoms with Crippen LogP contribution in [0.1, 0.15) is 142 Å². The van der Waals surface area contributed by atoms with Crippen molar-refractivity contribution in [1.29, 1.82) is 0 Å². The molecule has 2 bridgehead atoms. The lowest BCUT2D eigenvalue weighted by atomic mass is 9.32. The van der Waals surface area contributed by atoms with Crippen molar-refractivity contribution in [2.24, 2.45) is 45.8 Å². The third kappa shape index (κ3) is 6.75. The number of aryl methyl sites for hydroxylation is 1. The molecule has 0 saturated heterocycles. The Kier molecular flexibility index (Phi) is 11.2. The Morgan fingerprint density at radius 1 is 0.981 bits per heavy atom. The molecule has 2 N–H and O–H groups in total. The molecule has 6 heteroatoms. The Morgan fingerprint density at radius 2 is 1.71 bits per heavy atom. The molecular formula is C46H66O6. The van der Waals surface area contributed by atoms with Crippen LogP contribution in [-0.2, 0) is 25.5 Å². The number of ether oxygens (including phenoxy) is 2. The quantitative estimate of drug-likeness (QED) is 0.156. The van der Waals surface area contributed by atoms with Gasteiger partial charge < -0.3 is 19.7 Å². The van der Waals surface area contributed by atoms with Crippen LogP contribution in [0.4, 0.5) is 0 Å². The van der Waals surface area contributed by atoms with Crippen molar-refractivity contribution in [2.75, 3.05) is 6.61 Å². The normalized spacial score (nSPS) is 38.4. The van der Waals surface area contributed by atoms with Gasteiger partial charge in [0.15, 0.2) is 0 Å². The van der Waals surface area contributed by atoms with E-state index in [1.54, 1.807) is 6.08 Å². The molecule has 0 aromatic heterocycles. The van der Waals surface area contributed by atoms with E-state index in [1.807, 2.05) is 0 Å². The van der Waals surface area contributed by atoms with E-state index >= 15 is 0 Å². The Bertz CT molecular complexity index is 1470. The Labute approximate surface area is 313 Å². The fraction of sp³-hybridized carbons (Fsp3) is 0.739. The molecule has 4 saturated carbocycles. The minimum atomic E-state index is -1.26. The van der Waals surface area contributed by atoms with Crippen LogP contribution >= 0.6 is 0 Å². The van der Waals surface area contributed by atoms with Crippen LogP contribution < -0.4 is 0 Å². The van der Waals surface area contributed by atoms with Gasteiger partial charge in [0.25, 0.3) is 0 Å². The van der Waals surface area contributed by atoms with Crippen LogP contribution in [0.3, 0.4) is 0 Å². The summed E-state index contributed by atoms with van der Waals surface area (Å²) in [6, 6.07) is 10.7. The van der Waals surface area contributed by atoms with Gasteiger partial charge in [-0.15, -0.1) is 0 Å². The van der Waals surface area contributed by atoms with Crippen molar-refractivity contribution in [1.82, 2.24) is 0 Å². The smallest absolute Gasteiger partial charge is 0.331 e. The SMILES string of the molecule is CC(CCCc1ccccc1)CCC1C=CC2(C)CC(OC(=O)C3CCCCC3)C3C(C)(C4CCCC4)CCC(O)C13C2(O)CCC1=CC(=O)OC1. The van der Waals surface area contributed by atoms with Crippen molar-refractivity contribution in [3.63, 3.8) is 0 Å². The van der Waals surface area contributed by atoms with Crippen LogP contribution in [0.25, 0.3) is 0 Å². The Hall–Kier alpha value is -2.44. The molecule has 1 spiro atoms. The summed E-state index contributed by atoms with van der Waals surface area (Å²) in [4.78, 5) is 26.3. The summed E-state index contributed by atoms with van der Waals surface area (Å²) in [6.45, 7) is 7.23. The summed E-state index contributed by atoms with van der Waals surface area (Å²) >= 11 is 0. The molecule has 9 atom stereocenters. The molecule has 1 aromatic rings. The zero-order valence-corrected chi connectivity index (χ0v) is 32.3. The average Bonchev–Trinajstić information content (AvgIpc) is 3.84.